The highest BCUT2D eigenvalue weighted by molar-refractivity contribution is 9.11. The Bertz CT molecular complexity index is 288. The molecule has 0 saturated heterocycles. The Balaban J connectivity index is 2.68. The number of nitrogens with two attached hydrogens (primary N) is 1. The average molecular weight is 271 g/mol. The minimum Gasteiger partial charge on any atom is -0.320 e. The summed E-state index contributed by atoms with van der Waals surface area (Å²) in [5.41, 5.74) is 3.91. The van der Waals surface area contributed by atoms with Gasteiger partial charge in [0.05, 0.1) is 20.5 Å². The number of halogens is 3. The number of nitrogens with zero attached hydrogens (tertiary/aromatic N) is 1. The SMILES string of the molecule is CC(N)(Cc1ncc(Br)s1)C(F)F. The highest BCUT2D eigenvalue weighted by Gasteiger charge is 2.31. The molecule has 0 aliphatic rings. The molecular formula is C7H9BrF2N2S. The molecule has 1 aromatic rings. The van der Waals surface area contributed by atoms with E-state index in [0.29, 0.717) is 5.01 Å². The lowest BCUT2D eigenvalue weighted by Crippen LogP contribution is -2.45. The fourth-order valence-electron chi connectivity index (χ4n) is 0.773. The Morgan fingerprint density at radius 1 is 1.77 bits per heavy atom. The highest BCUT2D eigenvalue weighted by atomic mass is 79.9. The van der Waals surface area contributed by atoms with Crippen LogP contribution in [-0.2, 0) is 6.42 Å². The first kappa shape index (κ1) is 11.0. The molecule has 13 heavy (non-hydrogen) atoms. The van der Waals surface area contributed by atoms with Crippen LogP contribution in [-0.4, -0.2) is 16.9 Å². The first-order chi connectivity index (χ1) is 5.92. The Kier molecular flexibility index (Phi) is 3.37. The monoisotopic (exact) mass is 270 g/mol. The van der Waals surface area contributed by atoms with Crippen molar-refractivity contribution in [1.82, 2.24) is 4.98 Å². The predicted molar refractivity (Wildman–Crippen MR) is 52.1 cm³/mol. The molecule has 1 rings (SSSR count). The minimum atomic E-state index is -2.53. The van der Waals surface area contributed by atoms with Gasteiger partial charge in [-0.3, -0.25) is 0 Å². The third-order valence-corrected chi connectivity index (χ3v) is 3.03. The fraction of sp³-hybridized carbons (Fsp3) is 0.571. The largest absolute Gasteiger partial charge is 0.320 e. The number of thiazole rings is 1. The molecule has 1 atom stereocenters. The third kappa shape index (κ3) is 2.96. The molecule has 1 unspecified atom stereocenters. The van der Waals surface area contributed by atoms with Crippen LogP contribution in [0.15, 0.2) is 9.98 Å². The Labute approximate surface area is 87.3 Å². The molecule has 0 saturated carbocycles. The van der Waals surface area contributed by atoms with E-state index in [1.54, 1.807) is 6.20 Å². The summed E-state index contributed by atoms with van der Waals surface area (Å²) in [6, 6.07) is 0. The normalized spacial score (nSPS) is 16.2. The molecule has 0 amide bonds. The van der Waals surface area contributed by atoms with Crippen LogP contribution >= 0.6 is 27.3 Å². The van der Waals surface area contributed by atoms with Crippen molar-refractivity contribution in [2.45, 2.75) is 25.3 Å². The zero-order chi connectivity index (χ0) is 10.1. The van der Waals surface area contributed by atoms with Crippen LogP contribution in [0.1, 0.15) is 11.9 Å². The molecule has 2 nitrogen and oxygen atoms in total. The van der Waals surface area contributed by atoms with Gasteiger partial charge in [-0.05, 0) is 22.9 Å². The van der Waals surface area contributed by atoms with Crippen molar-refractivity contribution in [3.05, 3.63) is 15.0 Å². The lowest BCUT2D eigenvalue weighted by Gasteiger charge is -2.21. The molecule has 0 aromatic carbocycles. The van der Waals surface area contributed by atoms with Crippen molar-refractivity contribution < 1.29 is 8.78 Å². The van der Waals surface area contributed by atoms with Crippen LogP contribution in [0, 0.1) is 0 Å². The zero-order valence-corrected chi connectivity index (χ0v) is 9.33. The summed E-state index contributed by atoms with van der Waals surface area (Å²) in [6.45, 7) is 1.33. The summed E-state index contributed by atoms with van der Waals surface area (Å²) in [5.74, 6) is 0. The van der Waals surface area contributed by atoms with Crippen molar-refractivity contribution in [2.75, 3.05) is 0 Å². The van der Waals surface area contributed by atoms with Crippen molar-refractivity contribution >= 4 is 27.3 Å². The van der Waals surface area contributed by atoms with Gasteiger partial charge in [-0.15, -0.1) is 11.3 Å². The quantitative estimate of drug-likeness (QED) is 0.917. The fourth-order valence-corrected chi connectivity index (χ4v) is 2.25. The van der Waals surface area contributed by atoms with Gasteiger partial charge in [0.15, 0.2) is 0 Å². The van der Waals surface area contributed by atoms with Gasteiger partial charge in [-0.2, -0.15) is 0 Å². The highest BCUT2D eigenvalue weighted by Crippen LogP contribution is 2.24. The number of hydrogen-bond donors (Lipinski definition) is 1. The summed E-state index contributed by atoms with van der Waals surface area (Å²) in [6.07, 6.45) is -0.849. The van der Waals surface area contributed by atoms with E-state index in [1.165, 1.54) is 18.3 Å². The number of rotatable bonds is 3. The maximum Gasteiger partial charge on any atom is 0.256 e. The zero-order valence-electron chi connectivity index (χ0n) is 6.93. The molecule has 0 aliphatic heterocycles. The van der Waals surface area contributed by atoms with Gasteiger partial charge in [0.25, 0.3) is 6.43 Å². The Morgan fingerprint density at radius 3 is 2.77 bits per heavy atom. The molecule has 2 N–H and O–H groups in total. The Morgan fingerprint density at radius 2 is 2.38 bits per heavy atom. The van der Waals surface area contributed by atoms with E-state index < -0.39 is 12.0 Å². The van der Waals surface area contributed by atoms with Gasteiger partial charge >= 0.3 is 0 Å². The number of hydrogen-bond acceptors (Lipinski definition) is 3. The lowest BCUT2D eigenvalue weighted by atomic mass is 10.0. The van der Waals surface area contributed by atoms with Crippen molar-refractivity contribution in [1.29, 1.82) is 0 Å². The summed E-state index contributed by atoms with van der Waals surface area (Å²) in [4.78, 5) is 3.94. The molecule has 0 aliphatic carbocycles. The van der Waals surface area contributed by atoms with Gasteiger partial charge in [0, 0.05) is 6.42 Å². The minimum absolute atomic E-state index is 0.0981. The summed E-state index contributed by atoms with van der Waals surface area (Å²) >= 11 is 4.53. The van der Waals surface area contributed by atoms with E-state index in [2.05, 4.69) is 20.9 Å². The molecular weight excluding hydrogens is 262 g/mol. The van der Waals surface area contributed by atoms with Gasteiger partial charge in [0.1, 0.15) is 0 Å². The molecule has 0 fully saturated rings. The Hall–Kier alpha value is -0.0700. The van der Waals surface area contributed by atoms with Crippen molar-refractivity contribution in [2.24, 2.45) is 5.73 Å². The summed E-state index contributed by atoms with van der Waals surface area (Å²) in [5, 5.41) is 0.622. The van der Waals surface area contributed by atoms with Crippen molar-refractivity contribution in [3.63, 3.8) is 0 Å². The molecule has 0 radical (unpaired) electrons. The molecule has 74 valence electrons. The second-order valence-electron chi connectivity index (χ2n) is 3.04. The topological polar surface area (TPSA) is 38.9 Å². The molecule has 0 spiro atoms. The van der Waals surface area contributed by atoms with Gasteiger partial charge in [-0.1, -0.05) is 0 Å². The molecule has 6 heteroatoms. The van der Waals surface area contributed by atoms with E-state index >= 15 is 0 Å². The number of alkyl halides is 2. The van der Waals surface area contributed by atoms with Crippen LogP contribution < -0.4 is 5.73 Å². The van der Waals surface area contributed by atoms with E-state index in [4.69, 9.17) is 5.73 Å². The first-order valence-corrected chi connectivity index (χ1v) is 5.20. The van der Waals surface area contributed by atoms with E-state index in [9.17, 15) is 8.78 Å². The third-order valence-electron chi connectivity index (χ3n) is 1.56. The smallest absolute Gasteiger partial charge is 0.256 e. The van der Waals surface area contributed by atoms with Crippen LogP contribution in [0.5, 0.6) is 0 Å². The molecule has 0 bridgehead atoms. The molecule has 1 heterocycles. The van der Waals surface area contributed by atoms with E-state index in [0.717, 1.165) is 3.79 Å². The maximum atomic E-state index is 12.3. The predicted octanol–water partition coefficient (Wildman–Crippen LogP) is 2.43. The van der Waals surface area contributed by atoms with Crippen LogP contribution in [0.25, 0.3) is 0 Å². The van der Waals surface area contributed by atoms with Gasteiger partial charge < -0.3 is 5.73 Å². The van der Waals surface area contributed by atoms with Crippen LogP contribution in [0.2, 0.25) is 0 Å². The van der Waals surface area contributed by atoms with Gasteiger partial charge in [0.2, 0.25) is 0 Å². The second kappa shape index (κ2) is 3.98. The molecule has 1 aromatic heterocycles. The summed E-state index contributed by atoms with van der Waals surface area (Å²) < 4.78 is 25.5. The van der Waals surface area contributed by atoms with Gasteiger partial charge in [-0.25, -0.2) is 13.8 Å². The van der Waals surface area contributed by atoms with E-state index in [-0.39, 0.29) is 6.42 Å². The average Bonchev–Trinajstić information content (AvgIpc) is 2.34. The van der Waals surface area contributed by atoms with E-state index in [1.807, 2.05) is 0 Å². The van der Waals surface area contributed by atoms with Crippen LogP contribution in [0.3, 0.4) is 0 Å². The standard InChI is InChI=1S/C7H9BrF2N2S/c1-7(11,6(9)10)2-5-12-3-4(8)13-5/h3,6H,2,11H2,1H3. The maximum absolute atomic E-state index is 12.3. The lowest BCUT2D eigenvalue weighted by molar-refractivity contribution is 0.0639. The second-order valence-corrected chi connectivity index (χ2v) is 5.54. The summed E-state index contributed by atoms with van der Waals surface area (Å²) in [7, 11) is 0. The first-order valence-electron chi connectivity index (χ1n) is 3.59. The van der Waals surface area contributed by atoms with Crippen LogP contribution in [0.4, 0.5) is 8.78 Å². The van der Waals surface area contributed by atoms with Crippen molar-refractivity contribution in [3.8, 4) is 0 Å². The number of aromatic nitrogens is 1.